The third kappa shape index (κ3) is 3.96. The van der Waals surface area contributed by atoms with Gasteiger partial charge < -0.3 is 10.8 Å². The fourth-order valence-corrected chi connectivity index (χ4v) is 1.59. The quantitative estimate of drug-likeness (QED) is 0.738. The number of benzene rings is 1. The minimum absolute atomic E-state index is 0.380. The zero-order valence-corrected chi connectivity index (χ0v) is 10.9. The molecule has 0 aliphatic carbocycles. The van der Waals surface area contributed by atoms with Gasteiger partial charge >= 0.3 is 6.09 Å². The Balaban J connectivity index is 0.000000258. The summed E-state index contributed by atoms with van der Waals surface area (Å²) in [5.41, 5.74) is 5.20. The second-order valence-electron chi connectivity index (χ2n) is 4.08. The minimum Gasteiger partial charge on any atom is -0.463 e. The Hall–Kier alpha value is -2.08. The number of aromatic nitrogens is 2. The van der Waals surface area contributed by atoms with Crippen LogP contribution < -0.4 is 11.3 Å². The molecule has 0 aliphatic rings. The molecule has 0 aliphatic heterocycles. The van der Waals surface area contributed by atoms with Gasteiger partial charge in [-0.2, -0.15) is 0 Å². The largest absolute Gasteiger partial charge is 0.463 e. The van der Waals surface area contributed by atoms with Crippen LogP contribution in [0.5, 0.6) is 0 Å². The summed E-state index contributed by atoms with van der Waals surface area (Å²) in [6.45, 7) is 3.03. The zero-order chi connectivity index (χ0) is 14.3. The van der Waals surface area contributed by atoms with Crippen molar-refractivity contribution in [2.24, 2.45) is 5.73 Å². The lowest BCUT2D eigenvalue weighted by atomic mass is 10.3. The van der Waals surface area contributed by atoms with E-state index in [1.165, 1.54) is 19.3 Å². The highest BCUT2D eigenvalue weighted by Crippen LogP contribution is 2.04. The zero-order valence-electron chi connectivity index (χ0n) is 10.9. The molecule has 2 rings (SSSR count). The summed E-state index contributed by atoms with van der Waals surface area (Å²) in [5, 5.41) is 11.4. The van der Waals surface area contributed by atoms with Crippen LogP contribution in [0.3, 0.4) is 0 Å². The molecule has 0 spiro atoms. The number of H-pyrrole nitrogens is 1. The van der Waals surface area contributed by atoms with Gasteiger partial charge in [-0.25, -0.2) is 4.79 Å². The molecule has 4 N–H and O–H groups in total. The number of unbranched alkanes of at least 4 members (excludes halogenated alkanes) is 2. The molecule has 0 bridgehead atoms. The molecule has 6 nitrogen and oxygen atoms in total. The van der Waals surface area contributed by atoms with E-state index in [9.17, 15) is 9.59 Å². The van der Waals surface area contributed by atoms with Crippen molar-refractivity contribution in [2.75, 3.05) is 6.54 Å². The van der Waals surface area contributed by atoms with E-state index in [0.29, 0.717) is 15.6 Å². The van der Waals surface area contributed by atoms with E-state index < -0.39 is 11.7 Å². The number of fused-ring (bicyclic) bond motifs is 1. The van der Waals surface area contributed by atoms with Crippen molar-refractivity contribution in [1.29, 1.82) is 0 Å². The van der Waals surface area contributed by atoms with Gasteiger partial charge in [0.1, 0.15) is 0 Å². The van der Waals surface area contributed by atoms with Gasteiger partial charge in [0.25, 0.3) is 5.56 Å². The lowest BCUT2D eigenvalue weighted by molar-refractivity contribution is 0.192. The molecule has 0 atom stereocenters. The number of nitrogens with zero attached hydrogens (tertiary/aromatic N) is 1. The molecule has 0 saturated heterocycles. The van der Waals surface area contributed by atoms with Crippen molar-refractivity contribution in [2.45, 2.75) is 26.2 Å². The molecule has 0 fully saturated rings. The van der Waals surface area contributed by atoms with Crippen molar-refractivity contribution in [3.63, 3.8) is 0 Å². The average Bonchev–Trinajstić information content (AvgIpc) is 2.75. The predicted molar refractivity (Wildman–Crippen MR) is 74.6 cm³/mol. The first kappa shape index (κ1) is 15.0. The van der Waals surface area contributed by atoms with Gasteiger partial charge in [0.2, 0.25) is 0 Å². The summed E-state index contributed by atoms with van der Waals surface area (Å²) in [7, 11) is 0. The van der Waals surface area contributed by atoms with Crippen LogP contribution in [-0.4, -0.2) is 27.5 Å². The lowest BCUT2D eigenvalue weighted by Gasteiger charge is -1.87. The Kier molecular flexibility index (Phi) is 5.81. The summed E-state index contributed by atoms with van der Waals surface area (Å²) < 4.78 is 0.560. The van der Waals surface area contributed by atoms with Crippen LogP contribution in [0.15, 0.2) is 29.1 Å². The number of para-hydroxylation sites is 1. The Morgan fingerprint density at radius 1 is 1.37 bits per heavy atom. The highest BCUT2D eigenvalue weighted by atomic mass is 16.4. The van der Waals surface area contributed by atoms with Crippen LogP contribution in [0.25, 0.3) is 10.9 Å². The first-order valence-electron chi connectivity index (χ1n) is 6.25. The molecule has 0 radical (unpaired) electrons. The molecule has 1 heterocycles. The number of hydrogen-bond acceptors (Lipinski definition) is 3. The van der Waals surface area contributed by atoms with Crippen LogP contribution in [0.4, 0.5) is 4.79 Å². The van der Waals surface area contributed by atoms with Gasteiger partial charge in [-0.05, 0) is 25.1 Å². The van der Waals surface area contributed by atoms with E-state index in [-0.39, 0.29) is 0 Å². The van der Waals surface area contributed by atoms with E-state index in [2.05, 4.69) is 12.0 Å². The number of carbonyl (C=O) groups is 1. The van der Waals surface area contributed by atoms with Crippen molar-refractivity contribution < 1.29 is 9.90 Å². The van der Waals surface area contributed by atoms with E-state index >= 15 is 0 Å². The third-order valence-corrected chi connectivity index (χ3v) is 2.59. The number of rotatable bonds is 3. The normalized spacial score (nSPS) is 10.0. The molecule has 0 amide bonds. The molecule has 1 aromatic carbocycles. The first-order chi connectivity index (χ1) is 9.11. The third-order valence-electron chi connectivity index (χ3n) is 2.59. The fraction of sp³-hybridized carbons (Fsp3) is 0.385. The topological polar surface area (TPSA) is 101 Å². The molecular formula is C13H19N3O3. The number of nitrogens with one attached hydrogen (secondary N) is 1. The Morgan fingerprint density at radius 3 is 2.53 bits per heavy atom. The minimum atomic E-state index is -1.30. The number of hydrogen-bond donors (Lipinski definition) is 3. The monoisotopic (exact) mass is 265 g/mol. The molecule has 2 aromatic rings. The van der Waals surface area contributed by atoms with Gasteiger partial charge in [0.05, 0.1) is 10.9 Å². The summed E-state index contributed by atoms with van der Waals surface area (Å²) >= 11 is 0. The number of carboxylic acid groups (broad SMARTS) is 1. The number of nitrogens with two attached hydrogens (primary N) is 1. The molecule has 0 saturated carbocycles. The van der Waals surface area contributed by atoms with E-state index in [4.69, 9.17) is 10.8 Å². The molecule has 0 unspecified atom stereocenters. The Bertz CT molecular complexity index is 582. The van der Waals surface area contributed by atoms with E-state index in [1.54, 1.807) is 24.3 Å². The van der Waals surface area contributed by atoms with Gasteiger partial charge in [-0.3, -0.25) is 9.89 Å². The van der Waals surface area contributed by atoms with Crippen LogP contribution >= 0.6 is 0 Å². The van der Waals surface area contributed by atoms with Crippen molar-refractivity contribution in [1.82, 2.24) is 9.78 Å². The summed E-state index contributed by atoms with van der Waals surface area (Å²) in [6, 6.07) is 6.64. The van der Waals surface area contributed by atoms with E-state index in [0.717, 1.165) is 6.54 Å². The van der Waals surface area contributed by atoms with Crippen molar-refractivity contribution in [3.8, 4) is 0 Å². The smallest absolute Gasteiger partial charge is 0.433 e. The maximum Gasteiger partial charge on any atom is 0.433 e. The lowest BCUT2D eigenvalue weighted by Crippen LogP contribution is -2.22. The first-order valence-corrected chi connectivity index (χ1v) is 6.25. The van der Waals surface area contributed by atoms with Crippen molar-refractivity contribution in [3.05, 3.63) is 34.6 Å². The summed E-state index contributed by atoms with van der Waals surface area (Å²) in [4.78, 5) is 21.8. The average molecular weight is 265 g/mol. The number of aromatic amines is 1. The van der Waals surface area contributed by atoms with Gasteiger partial charge in [-0.15, -0.1) is 4.68 Å². The van der Waals surface area contributed by atoms with Gasteiger partial charge in [-0.1, -0.05) is 31.9 Å². The highest BCUT2D eigenvalue weighted by molar-refractivity contribution is 5.81. The predicted octanol–water partition coefficient (Wildman–Crippen LogP) is 1.99. The summed E-state index contributed by atoms with van der Waals surface area (Å²) in [5.74, 6) is 0. The standard InChI is InChI=1S/C8H6N2O3.C5H13N/c11-7-5-3-1-2-4-6(5)9-10(7)8(12)13;1-2-3-4-5-6/h1-4,9H,(H,12,13);2-6H2,1H3. The molecule has 6 heteroatoms. The van der Waals surface area contributed by atoms with Crippen LogP contribution in [-0.2, 0) is 0 Å². The van der Waals surface area contributed by atoms with Crippen LogP contribution in [0, 0.1) is 0 Å². The highest BCUT2D eigenvalue weighted by Gasteiger charge is 2.09. The second kappa shape index (κ2) is 7.38. The van der Waals surface area contributed by atoms with Gasteiger partial charge in [0, 0.05) is 0 Å². The van der Waals surface area contributed by atoms with Crippen molar-refractivity contribution >= 4 is 17.0 Å². The Labute approximate surface area is 110 Å². The molecular weight excluding hydrogens is 246 g/mol. The maximum atomic E-state index is 11.3. The van der Waals surface area contributed by atoms with E-state index in [1.807, 2.05) is 0 Å². The van der Waals surface area contributed by atoms with Crippen LogP contribution in [0.1, 0.15) is 26.2 Å². The SMILES string of the molecule is CCCCCN.O=C(O)n1[nH]c2ccccc2c1=O. The molecule has 1 aromatic heterocycles. The molecule has 104 valence electrons. The fourth-order valence-electron chi connectivity index (χ4n) is 1.59. The molecule has 19 heavy (non-hydrogen) atoms. The second-order valence-corrected chi connectivity index (χ2v) is 4.08. The maximum absolute atomic E-state index is 11.3. The Morgan fingerprint density at radius 2 is 2.05 bits per heavy atom. The van der Waals surface area contributed by atoms with Gasteiger partial charge in [0.15, 0.2) is 0 Å². The van der Waals surface area contributed by atoms with Crippen LogP contribution in [0.2, 0.25) is 0 Å². The summed E-state index contributed by atoms with van der Waals surface area (Å²) in [6.07, 6.45) is 2.45.